The fourth-order valence-electron chi connectivity index (χ4n) is 2.06. The molecule has 0 bridgehead atoms. The summed E-state index contributed by atoms with van der Waals surface area (Å²) in [6.07, 6.45) is 2.64. The molecule has 1 saturated heterocycles. The van der Waals surface area contributed by atoms with E-state index in [9.17, 15) is 4.79 Å². The van der Waals surface area contributed by atoms with E-state index in [-0.39, 0.29) is 4.08 Å². The van der Waals surface area contributed by atoms with Gasteiger partial charge in [0.25, 0.3) is 0 Å². The van der Waals surface area contributed by atoms with E-state index < -0.39 is 0 Å². The second-order valence-corrected chi connectivity index (χ2v) is 7.87. The molecule has 0 amide bonds. The third-order valence-electron chi connectivity index (χ3n) is 3.13. The minimum absolute atomic E-state index is 0.210. The van der Waals surface area contributed by atoms with Crippen LogP contribution in [0.5, 0.6) is 0 Å². The van der Waals surface area contributed by atoms with Crippen LogP contribution in [0.2, 0.25) is 5.02 Å². The molecule has 98 valence electrons. The summed E-state index contributed by atoms with van der Waals surface area (Å²) in [5.41, 5.74) is 1.06. The van der Waals surface area contributed by atoms with Gasteiger partial charge in [-0.05, 0) is 42.0 Å². The highest BCUT2D eigenvalue weighted by Crippen LogP contribution is 2.45. The Morgan fingerprint density at radius 3 is 2.44 bits per heavy atom. The van der Waals surface area contributed by atoms with Crippen molar-refractivity contribution in [3.05, 3.63) is 34.9 Å². The van der Waals surface area contributed by atoms with Crippen molar-refractivity contribution in [1.29, 1.82) is 0 Å². The van der Waals surface area contributed by atoms with Crippen LogP contribution >= 0.6 is 35.1 Å². The van der Waals surface area contributed by atoms with Crippen LogP contribution in [0.25, 0.3) is 0 Å². The maximum Gasteiger partial charge on any atom is 0.163 e. The van der Waals surface area contributed by atoms with Gasteiger partial charge >= 0.3 is 0 Å². The molecular formula is C14H17ClOS2. The zero-order valence-corrected chi connectivity index (χ0v) is 12.8. The van der Waals surface area contributed by atoms with Crippen molar-refractivity contribution in [3.8, 4) is 0 Å². The van der Waals surface area contributed by atoms with Gasteiger partial charge in [-0.15, -0.1) is 23.5 Å². The quantitative estimate of drug-likeness (QED) is 0.819. The number of halogens is 1. The Labute approximate surface area is 122 Å². The van der Waals surface area contributed by atoms with E-state index in [1.807, 2.05) is 47.8 Å². The van der Waals surface area contributed by atoms with E-state index in [1.54, 1.807) is 0 Å². The largest absolute Gasteiger partial charge is 0.297 e. The lowest BCUT2D eigenvalue weighted by atomic mass is 10.1. The van der Waals surface area contributed by atoms with Gasteiger partial charge in [0.1, 0.15) is 4.08 Å². The summed E-state index contributed by atoms with van der Waals surface area (Å²) in [6.45, 7) is 2.12. The van der Waals surface area contributed by atoms with Crippen LogP contribution in [-0.4, -0.2) is 21.4 Å². The SMILES string of the molecule is CCC1(C(=O)Cc2ccc(Cl)cc2)SCCCS1. The average molecular weight is 301 g/mol. The fraction of sp³-hybridized carbons (Fsp3) is 0.500. The maximum absolute atomic E-state index is 12.5. The maximum atomic E-state index is 12.5. The first kappa shape index (κ1) is 14.3. The second kappa shape index (κ2) is 6.36. The molecule has 4 heteroatoms. The van der Waals surface area contributed by atoms with Crippen LogP contribution in [-0.2, 0) is 11.2 Å². The summed E-state index contributed by atoms with van der Waals surface area (Å²) < 4.78 is -0.210. The van der Waals surface area contributed by atoms with Gasteiger partial charge in [0.05, 0.1) is 0 Å². The predicted octanol–water partition coefficient (Wildman–Crippen LogP) is 4.43. The summed E-state index contributed by atoms with van der Waals surface area (Å²) in [5.74, 6) is 2.56. The van der Waals surface area contributed by atoms with E-state index in [0.717, 1.165) is 28.5 Å². The second-order valence-electron chi connectivity index (χ2n) is 4.38. The van der Waals surface area contributed by atoms with Crippen molar-refractivity contribution in [2.24, 2.45) is 0 Å². The number of hydrogen-bond donors (Lipinski definition) is 0. The highest BCUT2D eigenvalue weighted by atomic mass is 35.5. The molecule has 1 aromatic carbocycles. The molecule has 1 aromatic rings. The van der Waals surface area contributed by atoms with Crippen molar-refractivity contribution in [2.45, 2.75) is 30.3 Å². The van der Waals surface area contributed by atoms with Crippen LogP contribution in [0, 0.1) is 0 Å². The summed E-state index contributed by atoms with van der Waals surface area (Å²) in [7, 11) is 0. The Morgan fingerprint density at radius 2 is 1.89 bits per heavy atom. The van der Waals surface area contributed by atoms with Crippen LogP contribution in [0.4, 0.5) is 0 Å². The van der Waals surface area contributed by atoms with E-state index in [0.29, 0.717) is 12.2 Å². The van der Waals surface area contributed by atoms with E-state index in [2.05, 4.69) is 6.92 Å². The molecule has 1 aliphatic rings. The van der Waals surface area contributed by atoms with Gasteiger partial charge in [0.2, 0.25) is 0 Å². The van der Waals surface area contributed by atoms with Gasteiger partial charge in [-0.25, -0.2) is 0 Å². The first-order chi connectivity index (χ1) is 8.66. The third-order valence-corrected chi connectivity index (χ3v) is 7.04. The van der Waals surface area contributed by atoms with E-state index in [1.165, 1.54) is 6.42 Å². The van der Waals surface area contributed by atoms with Crippen molar-refractivity contribution >= 4 is 40.9 Å². The molecule has 0 N–H and O–H groups in total. The Hall–Kier alpha value is -0.120. The normalized spacial score (nSPS) is 18.6. The van der Waals surface area contributed by atoms with Crippen LogP contribution < -0.4 is 0 Å². The average Bonchev–Trinajstić information content (AvgIpc) is 2.42. The molecule has 1 fully saturated rings. The van der Waals surface area contributed by atoms with Gasteiger partial charge in [-0.2, -0.15) is 0 Å². The van der Waals surface area contributed by atoms with Gasteiger partial charge < -0.3 is 0 Å². The summed E-state index contributed by atoms with van der Waals surface area (Å²) in [6, 6.07) is 7.59. The zero-order valence-electron chi connectivity index (χ0n) is 10.4. The lowest BCUT2D eigenvalue weighted by Gasteiger charge is -2.33. The standard InChI is InChI=1S/C14H17ClOS2/c1-2-14(17-8-3-9-18-14)13(16)10-11-4-6-12(15)7-5-11/h4-7H,2-3,8-10H2,1H3. The molecule has 0 spiro atoms. The first-order valence-corrected chi connectivity index (χ1v) is 8.57. The van der Waals surface area contributed by atoms with Crippen molar-refractivity contribution in [3.63, 3.8) is 0 Å². The molecule has 1 heterocycles. The van der Waals surface area contributed by atoms with Crippen molar-refractivity contribution < 1.29 is 4.79 Å². The Bertz CT molecular complexity index is 410. The topological polar surface area (TPSA) is 17.1 Å². The van der Waals surface area contributed by atoms with Crippen molar-refractivity contribution in [1.82, 2.24) is 0 Å². The lowest BCUT2D eigenvalue weighted by Crippen LogP contribution is -2.35. The Balaban J connectivity index is 2.07. The number of hydrogen-bond acceptors (Lipinski definition) is 3. The summed E-state index contributed by atoms with van der Waals surface area (Å²) in [4.78, 5) is 12.5. The molecule has 1 aliphatic heterocycles. The van der Waals surface area contributed by atoms with Crippen LogP contribution in [0.1, 0.15) is 25.3 Å². The molecule has 1 nitrogen and oxygen atoms in total. The summed E-state index contributed by atoms with van der Waals surface area (Å²) >= 11 is 9.52. The van der Waals surface area contributed by atoms with Gasteiger partial charge in [0.15, 0.2) is 5.78 Å². The molecule has 0 aromatic heterocycles. The number of thioether (sulfide) groups is 2. The van der Waals surface area contributed by atoms with Crippen LogP contribution in [0.15, 0.2) is 24.3 Å². The first-order valence-electron chi connectivity index (χ1n) is 6.22. The molecule has 18 heavy (non-hydrogen) atoms. The highest BCUT2D eigenvalue weighted by molar-refractivity contribution is 8.19. The number of Topliss-reactive ketones (excluding diaryl/α,β-unsaturated/α-hetero) is 1. The Kier molecular flexibility index (Phi) is 5.05. The number of rotatable bonds is 4. The minimum Gasteiger partial charge on any atom is -0.297 e. The number of carbonyl (C=O) groups excluding carboxylic acids is 1. The van der Waals surface area contributed by atoms with Gasteiger partial charge in [0, 0.05) is 11.4 Å². The predicted molar refractivity (Wildman–Crippen MR) is 82.7 cm³/mol. The number of carbonyl (C=O) groups is 1. The minimum atomic E-state index is -0.210. The zero-order chi connectivity index (χ0) is 13.0. The van der Waals surface area contributed by atoms with Gasteiger partial charge in [-0.1, -0.05) is 30.7 Å². The smallest absolute Gasteiger partial charge is 0.163 e. The van der Waals surface area contributed by atoms with Gasteiger partial charge in [-0.3, -0.25) is 4.79 Å². The fourth-order valence-corrected chi connectivity index (χ4v) is 5.31. The molecule has 0 unspecified atom stereocenters. The third kappa shape index (κ3) is 3.25. The number of ketones is 1. The number of benzene rings is 1. The van der Waals surface area contributed by atoms with Crippen molar-refractivity contribution in [2.75, 3.05) is 11.5 Å². The monoisotopic (exact) mass is 300 g/mol. The molecule has 0 radical (unpaired) electrons. The molecule has 0 aliphatic carbocycles. The van der Waals surface area contributed by atoms with E-state index >= 15 is 0 Å². The molecule has 0 atom stereocenters. The van der Waals surface area contributed by atoms with E-state index in [4.69, 9.17) is 11.6 Å². The molecule has 0 saturated carbocycles. The van der Waals surface area contributed by atoms with Crippen LogP contribution in [0.3, 0.4) is 0 Å². The molecular weight excluding hydrogens is 284 g/mol. The lowest BCUT2D eigenvalue weighted by molar-refractivity contribution is -0.118. The molecule has 2 rings (SSSR count). The Morgan fingerprint density at radius 1 is 1.28 bits per heavy atom. The highest BCUT2D eigenvalue weighted by Gasteiger charge is 2.38. The summed E-state index contributed by atoms with van der Waals surface area (Å²) in [5, 5.41) is 0.720.